The first-order chi connectivity index (χ1) is 18.2. The number of aromatic nitrogens is 2. The van der Waals surface area contributed by atoms with Gasteiger partial charge >= 0.3 is 0 Å². The van der Waals surface area contributed by atoms with Crippen molar-refractivity contribution >= 4 is 43.2 Å². The van der Waals surface area contributed by atoms with Crippen LogP contribution in [0.15, 0.2) is 30.5 Å². The van der Waals surface area contributed by atoms with Crippen molar-refractivity contribution < 1.29 is 31.9 Å². The van der Waals surface area contributed by atoms with Gasteiger partial charge in [-0.3, -0.25) is 9.59 Å². The van der Waals surface area contributed by atoms with Gasteiger partial charge in [-0.05, 0) is 36.6 Å². The predicted molar refractivity (Wildman–Crippen MR) is 143 cm³/mol. The first-order valence-corrected chi connectivity index (χ1v) is 14.6. The van der Waals surface area contributed by atoms with Crippen molar-refractivity contribution in [1.82, 2.24) is 20.6 Å². The summed E-state index contributed by atoms with van der Waals surface area (Å²) in [5, 5.41) is 3.58. The number of benzene rings is 1. The number of ether oxygens (including phenoxy) is 2. The third-order valence-corrected chi connectivity index (χ3v) is 8.65. The van der Waals surface area contributed by atoms with Crippen LogP contribution in [0.3, 0.4) is 0 Å². The van der Waals surface area contributed by atoms with Gasteiger partial charge < -0.3 is 20.1 Å². The van der Waals surface area contributed by atoms with Crippen LogP contribution in [0.1, 0.15) is 36.9 Å². The van der Waals surface area contributed by atoms with Gasteiger partial charge in [-0.15, -0.1) is 11.3 Å². The number of pyridine rings is 1. The molecule has 3 aromatic rings. The molecule has 4 rings (SSSR count). The average Bonchev–Trinajstić information content (AvgIpc) is 3.63. The molecule has 2 heterocycles. The topological polar surface area (TPSA) is 137 Å². The molecule has 1 fully saturated rings. The Morgan fingerprint density at radius 1 is 1.21 bits per heavy atom. The number of hydrogen-bond acceptors (Lipinski definition) is 9. The molecule has 0 spiro atoms. The largest absolute Gasteiger partial charge is 0.479 e. The van der Waals surface area contributed by atoms with Gasteiger partial charge in [0.15, 0.2) is 20.9 Å². The fourth-order valence-corrected chi connectivity index (χ4v) is 6.50. The second-order valence-electron chi connectivity index (χ2n) is 8.22. The van der Waals surface area contributed by atoms with Crippen LogP contribution in [0.5, 0.6) is 5.88 Å². The smallest absolute Gasteiger partial charge is 0.250 e. The molecule has 0 saturated heterocycles. The number of methoxy groups -OCH3 is 2. The Balaban J connectivity index is 0.00000195. The van der Waals surface area contributed by atoms with Crippen molar-refractivity contribution in [2.24, 2.45) is 0 Å². The number of rotatable bonds is 11. The molecule has 1 aliphatic carbocycles. The van der Waals surface area contributed by atoms with Crippen LogP contribution in [-0.4, -0.2) is 69.4 Å². The number of thiazole rings is 1. The Labute approximate surface area is 224 Å². The summed E-state index contributed by atoms with van der Waals surface area (Å²) in [6.07, 6.45) is 3.19. The van der Waals surface area contributed by atoms with Gasteiger partial charge in [0.1, 0.15) is 5.01 Å². The van der Waals surface area contributed by atoms with Crippen molar-refractivity contribution in [3.8, 4) is 17.0 Å². The molecule has 2 amide bonds. The van der Waals surface area contributed by atoms with Gasteiger partial charge in [0.05, 0.1) is 36.2 Å². The zero-order valence-electron chi connectivity index (χ0n) is 21.6. The normalized spacial score (nSPS) is 13.8. The maximum absolute atomic E-state index is 14.7. The zero-order chi connectivity index (χ0) is 27.9. The fourth-order valence-electron chi connectivity index (χ4n) is 3.52. The molecule has 1 saturated carbocycles. The monoisotopic (exact) mass is 566 g/mol. The quantitative estimate of drug-likeness (QED) is 0.362. The highest BCUT2D eigenvalue weighted by Crippen LogP contribution is 2.35. The summed E-state index contributed by atoms with van der Waals surface area (Å²) in [5.41, 5.74) is 1.21. The lowest BCUT2D eigenvalue weighted by Crippen LogP contribution is -2.41. The van der Waals surface area contributed by atoms with Crippen LogP contribution >= 0.6 is 11.3 Å². The summed E-state index contributed by atoms with van der Waals surface area (Å²) in [6, 6.07) is 6.53. The molecule has 0 aliphatic heterocycles. The maximum Gasteiger partial charge on any atom is 0.250 e. The van der Waals surface area contributed by atoms with Crippen LogP contribution in [-0.2, 0) is 24.2 Å². The van der Waals surface area contributed by atoms with E-state index in [2.05, 4.69) is 20.6 Å². The highest BCUT2D eigenvalue weighted by Gasteiger charge is 2.37. The highest BCUT2D eigenvalue weighted by atomic mass is 32.2. The molecule has 13 heteroatoms. The van der Waals surface area contributed by atoms with E-state index in [0.717, 1.165) is 24.2 Å². The van der Waals surface area contributed by atoms with Crippen molar-refractivity contribution in [2.75, 3.05) is 33.1 Å². The summed E-state index contributed by atoms with van der Waals surface area (Å²) >= 11 is 1.01. The fraction of sp³-hybridized carbons (Fsp3) is 0.440. The zero-order valence-corrected chi connectivity index (χ0v) is 23.2. The van der Waals surface area contributed by atoms with Crippen LogP contribution in [0.25, 0.3) is 21.3 Å². The molecule has 38 heavy (non-hydrogen) atoms. The average molecular weight is 567 g/mol. The van der Waals surface area contributed by atoms with Crippen molar-refractivity contribution in [2.45, 2.75) is 38.0 Å². The second kappa shape index (κ2) is 13.1. The van der Waals surface area contributed by atoms with E-state index in [4.69, 9.17) is 9.47 Å². The lowest BCUT2D eigenvalue weighted by Gasteiger charge is -2.15. The minimum absolute atomic E-state index is 0.0473. The number of nitrogens with one attached hydrogen (secondary N) is 2. The van der Waals surface area contributed by atoms with Gasteiger partial charge in [0.25, 0.3) is 5.88 Å². The van der Waals surface area contributed by atoms with Crippen molar-refractivity contribution in [1.29, 1.82) is 0 Å². The standard InChI is InChI=1S/C23H25FN4O6S2.C2H6/c1-33-9-10-36(31,32)20(21(30)26-12-18(29)27-14-4-5-14)23-28-16-6-3-13(11-17(16)35-23)15-7-8-25-22(34-2)19(15)24;1-2/h3,6-8,11,14,20H,4-5,9-10,12H2,1-2H3,(H,26,30)(H,27,29);1-2H3. The summed E-state index contributed by atoms with van der Waals surface area (Å²) in [6.45, 7) is 3.55. The van der Waals surface area contributed by atoms with Crippen molar-refractivity contribution in [3.63, 3.8) is 0 Å². The molecule has 1 unspecified atom stereocenters. The summed E-state index contributed by atoms with van der Waals surface area (Å²) < 4.78 is 51.3. The molecular weight excluding hydrogens is 535 g/mol. The van der Waals surface area contributed by atoms with E-state index in [1.54, 1.807) is 18.2 Å². The Morgan fingerprint density at radius 3 is 2.61 bits per heavy atom. The number of amides is 2. The van der Waals surface area contributed by atoms with E-state index in [1.165, 1.54) is 26.5 Å². The second-order valence-corrected chi connectivity index (χ2v) is 11.5. The molecule has 1 aromatic carbocycles. The lowest BCUT2D eigenvalue weighted by atomic mass is 10.1. The molecule has 1 aliphatic rings. The molecule has 2 aromatic heterocycles. The third-order valence-electron chi connectivity index (χ3n) is 5.53. The van der Waals surface area contributed by atoms with Gasteiger partial charge in [0.2, 0.25) is 11.8 Å². The maximum atomic E-state index is 14.7. The number of hydrogen-bond donors (Lipinski definition) is 2. The molecule has 2 N–H and O–H groups in total. The number of carbonyl (C=O) groups excluding carboxylic acids is 2. The summed E-state index contributed by atoms with van der Waals surface area (Å²) in [5.74, 6) is -2.42. The minimum Gasteiger partial charge on any atom is -0.479 e. The lowest BCUT2D eigenvalue weighted by molar-refractivity contribution is -0.126. The van der Waals surface area contributed by atoms with Gasteiger partial charge in [-0.2, -0.15) is 0 Å². The number of fused-ring (bicyclic) bond motifs is 1. The Kier molecular flexibility index (Phi) is 10.1. The van der Waals surface area contributed by atoms with Crippen LogP contribution in [0.4, 0.5) is 4.39 Å². The van der Waals surface area contributed by atoms with Gasteiger partial charge in [0, 0.05) is 24.9 Å². The highest BCUT2D eigenvalue weighted by molar-refractivity contribution is 7.92. The van der Waals surface area contributed by atoms with E-state index < -0.39 is 32.6 Å². The SMILES string of the molecule is CC.COCCS(=O)(=O)C(C(=O)NCC(=O)NC1CC1)c1nc2ccc(-c3ccnc(OC)c3F)cc2s1. The third kappa shape index (κ3) is 7.03. The molecular formula is C25H31FN4O6S2. The summed E-state index contributed by atoms with van der Waals surface area (Å²) in [4.78, 5) is 33.3. The Hall–Kier alpha value is -3.16. The number of nitrogens with zero attached hydrogens (tertiary/aromatic N) is 2. The number of halogens is 1. The number of sulfone groups is 1. The Morgan fingerprint density at radius 2 is 1.95 bits per heavy atom. The molecule has 0 bridgehead atoms. The van der Waals surface area contributed by atoms with E-state index in [1.807, 2.05) is 13.8 Å². The molecule has 1 atom stereocenters. The van der Waals surface area contributed by atoms with Crippen molar-refractivity contribution in [3.05, 3.63) is 41.3 Å². The molecule has 206 valence electrons. The first-order valence-electron chi connectivity index (χ1n) is 12.1. The van der Waals surface area contributed by atoms with E-state index in [9.17, 15) is 22.4 Å². The van der Waals surface area contributed by atoms with Crippen LogP contribution in [0.2, 0.25) is 0 Å². The first kappa shape index (κ1) is 29.4. The van der Waals surface area contributed by atoms with E-state index in [0.29, 0.717) is 15.8 Å². The molecule has 0 radical (unpaired) electrons. The minimum atomic E-state index is -4.03. The van der Waals surface area contributed by atoms with E-state index >= 15 is 0 Å². The predicted octanol–water partition coefficient (Wildman–Crippen LogP) is 3.03. The van der Waals surface area contributed by atoms with Gasteiger partial charge in [-0.1, -0.05) is 19.9 Å². The van der Waals surface area contributed by atoms with Gasteiger partial charge in [-0.25, -0.2) is 22.8 Å². The van der Waals surface area contributed by atoms with Crippen LogP contribution < -0.4 is 15.4 Å². The molecule has 10 nitrogen and oxygen atoms in total. The Bertz CT molecular complexity index is 1390. The van der Waals surface area contributed by atoms with E-state index in [-0.39, 0.29) is 41.6 Å². The van der Waals surface area contributed by atoms with Crippen LogP contribution in [0, 0.1) is 5.82 Å². The number of carbonyl (C=O) groups is 2. The summed E-state index contributed by atoms with van der Waals surface area (Å²) in [7, 11) is -1.35.